The van der Waals surface area contributed by atoms with Crippen LogP contribution in [0.15, 0.2) is 36.4 Å². The predicted octanol–water partition coefficient (Wildman–Crippen LogP) is 4.52. The van der Waals surface area contributed by atoms with Gasteiger partial charge in [0.1, 0.15) is 0 Å². The fraction of sp³-hybridized carbons (Fsp3) is 0.300. The van der Waals surface area contributed by atoms with E-state index in [4.69, 9.17) is 9.72 Å². The number of aromatic nitrogens is 2. The van der Waals surface area contributed by atoms with E-state index in [0.29, 0.717) is 6.61 Å². The number of carbonyl (C=O) groups is 1. The van der Waals surface area contributed by atoms with Crippen molar-refractivity contribution in [3.05, 3.63) is 52.7 Å². The Hall–Kier alpha value is -2.40. The van der Waals surface area contributed by atoms with Crippen molar-refractivity contribution in [2.75, 3.05) is 6.61 Å². The highest BCUT2D eigenvalue weighted by molar-refractivity contribution is 7.17. The topological polar surface area (TPSA) is 43.6 Å². The highest BCUT2D eigenvalue weighted by atomic mass is 32.1. The molecule has 25 heavy (non-hydrogen) atoms. The lowest BCUT2D eigenvalue weighted by atomic mass is 10.0. The molecule has 128 valence electrons. The van der Waals surface area contributed by atoms with Crippen LogP contribution >= 0.6 is 11.3 Å². The molecule has 2 aromatic heterocycles. The first-order chi connectivity index (χ1) is 12.3. The molecular formula is C20H20N2O2S. The minimum Gasteiger partial charge on any atom is -0.463 e. The summed E-state index contributed by atoms with van der Waals surface area (Å²) in [5, 5.41) is 0. The second-order valence-electron chi connectivity index (χ2n) is 6.09. The van der Waals surface area contributed by atoms with Gasteiger partial charge < -0.3 is 4.74 Å². The van der Waals surface area contributed by atoms with Crippen LogP contribution in [0.3, 0.4) is 0 Å². The van der Waals surface area contributed by atoms with Crippen LogP contribution in [-0.4, -0.2) is 22.0 Å². The molecule has 1 aromatic carbocycles. The normalized spacial score (nSPS) is 14.1. The third-order valence-corrected chi connectivity index (χ3v) is 5.61. The molecule has 0 fully saturated rings. The molecule has 0 aliphatic heterocycles. The number of benzene rings is 1. The Morgan fingerprint density at radius 3 is 2.88 bits per heavy atom. The number of carbonyl (C=O) groups excluding carboxylic acids is 1. The number of hydrogen-bond acceptors (Lipinski definition) is 4. The summed E-state index contributed by atoms with van der Waals surface area (Å²) in [6.07, 6.45) is 8.01. The van der Waals surface area contributed by atoms with Crippen LogP contribution in [0.1, 0.15) is 36.0 Å². The van der Waals surface area contributed by atoms with Gasteiger partial charge in [-0.25, -0.2) is 9.78 Å². The smallest absolute Gasteiger partial charge is 0.330 e. The number of imidazole rings is 1. The number of rotatable bonds is 4. The lowest BCUT2D eigenvalue weighted by molar-refractivity contribution is -0.137. The Kier molecular flexibility index (Phi) is 4.40. The van der Waals surface area contributed by atoms with Crippen molar-refractivity contribution in [1.82, 2.24) is 9.38 Å². The van der Waals surface area contributed by atoms with Crippen molar-refractivity contribution < 1.29 is 9.53 Å². The Labute approximate surface area is 150 Å². The van der Waals surface area contributed by atoms with E-state index in [-0.39, 0.29) is 5.97 Å². The molecule has 2 heterocycles. The second-order valence-corrected chi connectivity index (χ2v) is 7.16. The Morgan fingerprint density at radius 1 is 1.28 bits per heavy atom. The zero-order valence-corrected chi connectivity index (χ0v) is 15.0. The Morgan fingerprint density at radius 2 is 2.08 bits per heavy atom. The maximum absolute atomic E-state index is 11.8. The van der Waals surface area contributed by atoms with Gasteiger partial charge in [-0.1, -0.05) is 30.3 Å². The van der Waals surface area contributed by atoms with Crippen LogP contribution in [0, 0.1) is 0 Å². The predicted molar refractivity (Wildman–Crippen MR) is 101 cm³/mol. The summed E-state index contributed by atoms with van der Waals surface area (Å²) in [7, 11) is 0. The number of fused-ring (bicyclic) bond motifs is 3. The molecule has 1 aliphatic carbocycles. The van der Waals surface area contributed by atoms with Gasteiger partial charge in [-0.15, -0.1) is 11.3 Å². The van der Waals surface area contributed by atoms with Crippen molar-refractivity contribution >= 4 is 28.3 Å². The monoisotopic (exact) mass is 352 g/mol. The molecule has 0 saturated heterocycles. The van der Waals surface area contributed by atoms with Crippen molar-refractivity contribution in [2.24, 2.45) is 0 Å². The first-order valence-electron chi connectivity index (χ1n) is 8.71. The van der Waals surface area contributed by atoms with E-state index < -0.39 is 0 Å². The molecule has 0 spiro atoms. The first-order valence-corrected chi connectivity index (χ1v) is 9.53. The summed E-state index contributed by atoms with van der Waals surface area (Å²) < 4.78 is 7.27. The fourth-order valence-corrected chi connectivity index (χ4v) is 4.57. The van der Waals surface area contributed by atoms with Crippen LogP contribution in [0.4, 0.5) is 0 Å². The summed E-state index contributed by atoms with van der Waals surface area (Å²) in [5.74, 6) is -0.319. The summed E-state index contributed by atoms with van der Waals surface area (Å²) in [5.41, 5.74) is 4.30. The maximum atomic E-state index is 11.8. The molecule has 0 saturated carbocycles. The SMILES string of the molecule is CCOC(=O)/C=C/c1c(-c2ccccc2)nc2sc3c(n12)CCCC3. The van der Waals surface area contributed by atoms with E-state index >= 15 is 0 Å². The average Bonchev–Trinajstić information content (AvgIpc) is 3.17. The van der Waals surface area contributed by atoms with Gasteiger partial charge in [-0.2, -0.15) is 0 Å². The van der Waals surface area contributed by atoms with Gasteiger partial charge in [0.15, 0.2) is 4.96 Å². The third kappa shape index (κ3) is 3.00. The van der Waals surface area contributed by atoms with E-state index in [2.05, 4.69) is 16.5 Å². The van der Waals surface area contributed by atoms with Crippen LogP contribution in [0.5, 0.6) is 0 Å². The number of nitrogens with zero attached hydrogens (tertiary/aromatic N) is 2. The summed E-state index contributed by atoms with van der Waals surface area (Å²) in [4.78, 5) is 19.1. The van der Waals surface area contributed by atoms with E-state index in [1.807, 2.05) is 31.2 Å². The molecule has 0 unspecified atom stereocenters. The molecule has 1 aliphatic rings. The van der Waals surface area contributed by atoms with Crippen molar-refractivity contribution in [3.63, 3.8) is 0 Å². The molecule has 0 N–H and O–H groups in total. The van der Waals surface area contributed by atoms with Crippen LogP contribution in [-0.2, 0) is 22.4 Å². The molecule has 4 nitrogen and oxygen atoms in total. The quantitative estimate of drug-likeness (QED) is 0.512. The zero-order valence-electron chi connectivity index (χ0n) is 14.2. The van der Waals surface area contributed by atoms with Gasteiger partial charge in [-0.3, -0.25) is 4.40 Å². The van der Waals surface area contributed by atoms with Crippen LogP contribution in [0.25, 0.3) is 22.3 Å². The number of hydrogen-bond donors (Lipinski definition) is 0. The molecule has 0 amide bonds. The maximum Gasteiger partial charge on any atom is 0.330 e. The highest BCUT2D eigenvalue weighted by Gasteiger charge is 2.22. The first kappa shape index (κ1) is 16.1. The van der Waals surface area contributed by atoms with E-state index in [9.17, 15) is 4.79 Å². The van der Waals surface area contributed by atoms with E-state index in [1.165, 1.54) is 29.5 Å². The number of ether oxygens (including phenoxy) is 1. The van der Waals surface area contributed by atoms with E-state index in [0.717, 1.165) is 34.8 Å². The van der Waals surface area contributed by atoms with Crippen molar-refractivity contribution in [1.29, 1.82) is 0 Å². The van der Waals surface area contributed by atoms with Gasteiger partial charge in [-0.05, 0) is 38.7 Å². The lowest BCUT2D eigenvalue weighted by Crippen LogP contribution is -2.04. The number of esters is 1. The highest BCUT2D eigenvalue weighted by Crippen LogP contribution is 2.35. The Bertz CT molecular complexity index is 938. The number of thiazole rings is 1. The van der Waals surface area contributed by atoms with Gasteiger partial charge in [0, 0.05) is 22.2 Å². The molecule has 0 bridgehead atoms. The number of aryl methyl sites for hydroxylation is 2. The van der Waals surface area contributed by atoms with Gasteiger partial charge in [0.25, 0.3) is 0 Å². The molecule has 5 heteroatoms. The minimum absolute atomic E-state index is 0.319. The summed E-state index contributed by atoms with van der Waals surface area (Å²) in [6.45, 7) is 2.19. The Balaban J connectivity index is 1.88. The largest absolute Gasteiger partial charge is 0.463 e. The zero-order chi connectivity index (χ0) is 17.2. The second kappa shape index (κ2) is 6.84. The summed E-state index contributed by atoms with van der Waals surface area (Å²) in [6, 6.07) is 10.1. The molecule has 3 aromatic rings. The van der Waals surface area contributed by atoms with E-state index in [1.54, 1.807) is 11.3 Å². The van der Waals surface area contributed by atoms with Crippen LogP contribution in [0.2, 0.25) is 0 Å². The molecular weight excluding hydrogens is 332 g/mol. The van der Waals surface area contributed by atoms with Gasteiger partial charge in [0.05, 0.1) is 18.0 Å². The van der Waals surface area contributed by atoms with Gasteiger partial charge in [0.2, 0.25) is 0 Å². The van der Waals surface area contributed by atoms with Crippen molar-refractivity contribution in [3.8, 4) is 11.3 Å². The average molecular weight is 352 g/mol. The minimum atomic E-state index is -0.319. The molecule has 0 radical (unpaired) electrons. The third-order valence-electron chi connectivity index (χ3n) is 4.47. The van der Waals surface area contributed by atoms with Crippen molar-refractivity contribution in [2.45, 2.75) is 32.6 Å². The standard InChI is InChI=1S/C20H20N2O2S/c1-2-24-18(23)13-12-16-19(14-8-4-3-5-9-14)21-20-22(16)15-10-6-7-11-17(15)25-20/h3-5,8-9,12-13H,2,6-7,10-11H2,1H3/b13-12+. The lowest BCUT2D eigenvalue weighted by Gasteiger charge is -2.11. The van der Waals surface area contributed by atoms with Gasteiger partial charge >= 0.3 is 5.97 Å². The fourth-order valence-electron chi connectivity index (χ4n) is 3.36. The van der Waals surface area contributed by atoms with Crippen LogP contribution < -0.4 is 0 Å². The molecule has 0 atom stereocenters. The molecule has 4 rings (SSSR count). The summed E-state index contributed by atoms with van der Waals surface area (Å²) >= 11 is 1.78.